The van der Waals surface area contributed by atoms with E-state index in [1.807, 2.05) is 54.6 Å². The average molecular weight is 340 g/mol. The third-order valence-corrected chi connectivity index (χ3v) is 4.65. The third-order valence-electron chi connectivity index (χ3n) is 2.05. The zero-order chi connectivity index (χ0) is 11.4. The summed E-state index contributed by atoms with van der Waals surface area (Å²) in [6.07, 6.45) is 0. The fourth-order valence-electron chi connectivity index (χ4n) is 1.28. The van der Waals surface area contributed by atoms with Crippen LogP contribution in [0.5, 0.6) is 0 Å². The maximum absolute atomic E-state index is 12.0. The van der Waals surface area contributed by atoms with E-state index in [4.69, 9.17) is 0 Å². The van der Waals surface area contributed by atoms with E-state index in [9.17, 15) is 4.79 Å². The third kappa shape index (κ3) is 2.82. The van der Waals surface area contributed by atoms with Crippen LogP contribution in [-0.4, -0.2) is 19.6 Å². The monoisotopic (exact) mass is 340 g/mol. The molecule has 16 heavy (non-hydrogen) atoms. The van der Waals surface area contributed by atoms with Crippen LogP contribution in [0.15, 0.2) is 59.1 Å². The van der Waals surface area contributed by atoms with E-state index in [2.05, 4.69) is 15.9 Å². The quantitative estimate of drug-likeness (QED) is 0.786. The summed E-state index contributed by atoms with van der Waals surface area (Å²) >= 11 is 3.25. The van der Waals surface area contributed by atoms with Gasteiger partial charge in [-0.05, 0) is 0 Å². The van der Waals surface area contributed by atoms with E-state index in [0.29, 0.717) is 0 Å². The summed E-state index contributed by atoms with van der Waals surface area (Å²) in [5.41, 5.74) is 0.770. The van der Waals surface area contributed by atoms with Crippen LogP contribution in [0.25, 0.3) is 0 Å². The van der Waals surface area contributed by atoms with Crippen molar-refractivity contribution in [2.24, 2.45) is 0 Å². The molecule has 80 valence electrons. The van der Waals surface area contributed by atoms with Crippen molar-refractivity contribution in [3.63, 3.8) is 0 Å². The fourth-order valence-corrected chi connectivity index (χ4v) is 3.71. The molecule has 1 nitrogen and oxygen atoms in total. The molecule has 0 fully saturated rings. The molecular formula is C13H9BrOSe. The average Bonchev–Trinajstić information content (AvgIpc) is 2.31. The van der Waals surface area contributed by atoms with E-state index >= 15 is 0 Å². The molecule has 2 aromatic carbocycles. The minimum atomic E-state index is -0.148. The predicted molar refractivity (Wildman–Crippen MR) is 70.3 cm³/mol. The number of benzene rings is 2. The predicted octanol–water partition coefficient (Wildman–Crippen LogP) is 2.62. The summed E-state index contributed by atoms with van der Waals surface area (Å²) in [7, 11) is 0. The van der Waals surface area contributed by atoms with Crippen molar-refractivity contribution in [3.8, 4) is 0 Å². The van der Waals surface area contributed by atoms with E-state index in [-0.39, 0.29) is 19.6 Å². The second-order valence-electron chi connectivity index (χ2n) is 3.18. The molecule has 0 unspecified atom stereocenters. The Hall–Kier alpha value is -0.891. The van der Waals surface area contributed by atoms with Gasteiger partial charge in [0.25, 0.3) is 0 Å². The van der Waals surface area contributed by atoms with Crippen LogP contribution in [-0.2, 0) is 0 Å². The molecule has 0 aliphatic heterocycles. The van der Waals surface area contributed by atoms with Gasteiger partial charge in [-0.2, -0.15) is 0 Å². The van der Waals surface area contributed by atoms with E-state index < -0.39 is 0 Å². The number of halogens is 1. The molecule has 0 saturated carbocycles. The summed E-state index contributed by atoms with van der Waals surface area (Å²) in [5.74, 6) is 0. The van der Waals surface area contributed by atoms with Gasteiger partial charge in [0.05, 0.1) is 0 Å². The first-order chi connectivity index (χ1) is 7.77. The van der Waals surface area contributed by atoms with Crippen LogP contribution in [0.1, 0.15) is 10.4 Å². The Morgan fingerprint density at radius 3 is 2.25 bits per heavy atom. The second-order valence-corrected chi connectivity index (χ2v) is 6.23. The van der Waals surface area contributed by atoms with Crippen LogP contribution < -0.4 is 4.46 Å². The molecule has 2 aromatic rings. The SMILES string of the molecule is O=C([Se]c1ccccc1)c1ccccc1Br. The van der Waals surface area contributed by atoms with E-state index in [1.54, 1.807) is 0 Å². The molecule has 0 aliphatic carbocycles. The van der Waals surface area contributed by atoms with E-state index in [1.165, 1.54) is 0 Å². The molecule has 0 saturated heterocycles. The Morgan fingerprint density at radius 2 is 1.56 bits per heavy atom. The molecule has 0 radical (unpaired) electrons. The van der Waals surface area contributed by atoms with Crippen LogP contribution >= 0.6 is 15.9 Å². The topological polar surface area (TPSA) is 17.1 Å². The molecule has 3 heteroatoms. The van der Waals surface area contributed by atoms with Gasteiger partial charge in [-0.1, -0.05) is 0 Å². The van der Waals surface area contributed by atoms with Crippen molar-refractivity contribution in [2.45, 2.75) is 0 Å². The standard InChI is InChI=1S/C13H9BrOSe/c14-12-9-5-4-8-11(12)13(15)16-10-6-2-1-3-7-10/h1-9H. The number of carbonyl (C=O) groups excluding carboxylic acids is 1. The minimum absolute atomic E-state index is 0.148. The summed E-state index contributed by atoms with van der Waals surface area (Å²) in [5, 5.41) is 0. The Labute approximate surface area is 109 Å². The summed E-state index contributed by atoms with van der Waals surface area (Å²) in [4.78, 5) is 12.0. The van der Waals surface area contributed by atoms with E-state index in [0.717, 1.165) is 14.5 Å². The number of hydrogen-bond donors (Lipinski definition) is 0. The zero-order valence-corrected chi connectivity index (χ0v) is 11.7. The molecule has 0 bridgehead atoms. The molecule has 0 spiro atoms. The molecule has 0 aromatic heterocycles. The summed E-state index contributed by atoms with van der Waals surface area (Å²) in [6.45, 7) is 0. The maximum atomic E-state index is 12.0. The van der Waals surface area contributed by atoms with Gasteiger partial charge in [0.1, 0.15) is 0 Å². The Morgan fingerprint density at radius 1 is 0.938 bits per heavy atom. The Bertz CT molecular complexity index is 496. The van der Waals surface area contributed by atoms with Gasteiger partial charge in [-0.3, -0.25) is 0 Å². The van der Waals surface area contributed by atoms with Gasteiger partial charge in [-0.15, -0.1) is 0 Å². The van der Waals surface area contributed by atoms with Gasteiger partial charge >= 0.3 is 109 Å². The Kier molecular flexibility index (Phi) is 3.94. The number of hydrogen-bond acceptors (Lipinski definition) is 1. The number of carbonyl (C=O) groups is 1. The van der Waals surface area contributed by atoms with Crippen molar-refractivity contribution in [1.82, 2.24) is 0 Å². The van der Waals surface area contributed by atoms with Gasteiger partial charge in [-0.25, -0.2) is 0 Å². The fraction of sp³-hybridized carbons (Fsp3) is 0. The normalized spacial score (nSPS) is 10.1. The molecule has 0 aliphatic rings. The van der Waals surface area contributed by atoms with Crippen molar-refractivity contribution < 1.29 is 4.79 Å². The summed E-state index contributed by atoms with van der Waals surface area (Å²) in [6, 6.07) is 17.4. The first-order valence-electron chi connectivity index (χ1n) is 4.79. The van der Waals surface area contributed by atoms with Gasteiger partial charge < -0.3 is 0 Å². The van der Waals surface area contributed by atoms with Crippen LogP contribution in [0.4, 0.5) is 0 Å². The molecule has 0 atom stereocenters. The summed E-state index contributed by atoms with van der Waals surface area (Å²) < 4.78 is 2.18. The molecule has 0 heterocycles. The number of rotatable bonds is 3. The van der Waals surface area contributed by atoms with Crippen molar-refractivity contribution >= 4 is 40.0 Å². The first-order valence-corrected chi connectivity index (χ1v) is 7.30. The van der Waals surface area contributed by atoms with Crippen molar-refractivity contribution in [1.29, 1.82) is 0 Å². The second kappa shape index (κ2) is 5.44. The van der Waals surface area contributed by atoms with Gasteiger partial charge in [0.15, 0.2) is 0 Å². The van der Waals surface area contributed by atoms with Crippen LogP contribution in [0.2, 0.25) is 0 Å². The van der Waals surface area contributed by atoms with Gasteiger partial charge in [0, 0.05) is 0 Å². The Balaban J connectivity index is 2.19. The molecule has 0 amide bonds. The zero-order valence-electron chi connectivity index (χ0n) is 8.39. The van der Waals surface area contributed by atoms with Crippen LogP contribution in [0, 0.1) is 0 Å². The molecule has 2 rings (SSSR count). The van der Waals surface area contributed by atoms with Crippen molar-refractivity contribution in [3.05, 3.63) is 64.6 Å². The molecule has 0 N–H and O–H groups in total. The van der Waals surface area contributed by atoms with Crippen molar-refractivity contribution in [2.75, 3.05) is 0 Å². The van der Waals surface area contributed by atoms with Gasteiger partial charge in [0.2, 0.25) is 0 Å². The van der Waals surface area contributed by atoms with Crippen LogP contribution in [0.3, 0.4) is 0 Å². The molecular weight excluding hydrogens is 331 g/mol. The first kappa shape index (κ1) is 11.6.